The van der Waals surface area contributed by atoms with Crippen molar-refractivity contribution in [2.75, 3.05) is 13.1 Å². The molecule has 0 aromatic rings. The zero-order valence-electron chi connectivity index (χ0n) is 12.6. The van der Waals surface area contributed by atoms with Crippen LogP contribution in [0.15, 0.2) is 5.16 Å². The molecule has 1 aliphatic carbocycles. The van der Waals surface area contributed by atoms with E-state index in [2.05, 4.69) is 19.0 Å². The van der Waals surface area contributed by atoms with Gasteiger partial charge in [-0.25, -0.2) is 0 Å². The van der Waals surface area contributed by atoms with Crippen LogP contribution < -0.4 is 5.73 Å². The Kier molecular flexibility index (Phi) is 4.55. The zero-order valence-corrected chi connectivity index (χ0v) is 12.6. The molecule has 1 amide bonds. The first-order chi connectivity index (χ1) is 9.53. The van der Waals surface area contributed by atoms with E-state index in [0.29, 0.717) is 18.8 Å². The smallest absolute Gasteiger partial charge is 0.236 e. The monoisotopic (exact) mass is 281 g/mol. The topological polar surface area (TPSA) is 78.9 Å². The summed E-state index contributed by atoms with van der Waals surface area (Å²) in [6.45, 7) is 5.95. The maximum atomic E-state index is 12.8. The Hall–Kier alpha value is -1.26. The standard InChI is InChI=1S/C15H27N3O2/c1-3-4-12-5-7-18(8-6-12)14(19)15(13(16)17-20)9-11(2)10-15/h11-12,20H,3-10H2,1-2H3,(H2,16,17). The van der Waals surface area contributed by atoms with Gasteiger partial charge in [-0.3, -0.25) is 4.79 Å². The highest BCUT2D eigenvalue weighted by Crippen LogP contribution is 2.47. The second kappa shape index (κ2) is 6.02. The van der Waals surface area contributed by atoms with E-state index in [-0.39, 0.29) is 11.7 Å². The molecule has 1 saturated carbocycles. The third-order valence-electron chi connectivity index (χ3n) is 5.00. The van der Waals surface area contributed by atoms with Crippen LogP contribution in [0.1, 0.15) is 52.4 Å². The molecule has 2 fully saturated rings. The first-order valence-corrected chi connectivity index (χ1v) is 7.81. The average molecular weight is 281 g/mol. The van der Waals surface area contributed by atoms with Crippen molar-refractivity contribution in [3.05, 3.63) is 0 Å². The maximum Gasteiger partial charge on any atom is 0.236 e. The number of carbonyl (C=O) groups is 1. The molecule has 0 unspecified atom stereocenters. The molecule has 0 aromatic carbocycles. The number of nitrogens with zero attached hydrogens (tertiary/aromatic N) is 2. The minimum atomic E-state index is -0.730. The number of piperidine rings is 1. The van der Waals surface area contributed by atoms with Crippen molar-refractivity contribution in [1.29, 1.82) is 0 Å². The van der Waals surface area contributed by atoms with Gasteiger partial charge in [0.25, 0.3) is 0 Å². The summed E-state index contributed by atoms with van der Waals surface area (Å²) in [5.41, 5.74) is 5.08. The van der Waals surface area contributed by atoms with Crippen molar-refractivity contribution in [1.82, 2.24) is 4.90 Å². The molecule has 0 atom stereocenters. The molecule has 1 saturated heterocycles. The summed E-state index contributed by atoms with van der Waals surface area (Å²) in [5, 5.41) is 12.1. The van der Waals surface area contributed by atoms with Crippen LogP contribution in [0.2, 0.25) is 0 Å². The van der Waals surface area contributed by atoms with E-state index in [1.165, 1.54) is 12.8 Å². The van der Waals surface area contributed by atoms with Gasteiger partial charge in [0.05, 0.1) is 0 Å². The Balaban J connectivity index is 2.00. The molecule has 5 heteroatoms. The minimum absolute atomic E-state index is 0.0702. The average Bonchev–Trinajstić information content (AvgIpc) is 2.43. The molecule has 20 heavy (non-hydrogen) atoms. The second-order valence-electron chi connectivity index (χ2n) is 6.61. The highest BCUT2D eigenvalue weighted by Gasteiger charge is 2.53. The lowest BCUT2D eigenvalue weighted by Crippen LogP contribution is -2.58. The summed E-state index contributed by atoms with van der Waals surface area (Å²) in [7, 11) is 0. The lowest BCUT2D eigenvalue weighted by molar-refractivity contribution is -0.145. The van der Waals surface area contributed by atoms with Crippen molar-refractivity contribution in [2.45, 2.75) is 52.4 Å². The van der Waals surface area contributed by atoms with E-state index in [0.717, 1.165) is 31.8 Å². The van der Waals surface area contributed by atoms with Crippen LogP contribution in [0.4, 0.5) is 0 Å². The summed E-state index contributed by atoms with van der Waals surface area (Å²) >= 11 is 0. The van der Waals surface area contributed by atoms with Crippen molar-refractivity contribution in [2.24, 2.45) is 28.1 Å². The molecule has 0 radical (unpaired) electrons. The normalized spacial score (nSPS) is 32.0. The van der Waals surface area contributed by atoms with Crippen molar-refractivity contribution in [3.63, 3.8) is 0 Å². The minimum Gasteiger partial charge on any atom is -0.409 e. The van der Waals surface area contributed by atoms with Gasteiger partial charge in [-0.1, -0.05) is 31.8 Å². The Labute approximate surface area is 121 Å². The summed E-state index contributed by atoms with van der Waals surface area (Å²) in [4.78, 5) is 14.7. The fraction of sp³-hybridized carbons (Fsp3) is 0.867. The van der Waals surface area contributed by atoms with Crippen LogP contribution in [0.25, 0.3) is 0 Å². The fourth-order valence-electron chi connectivity index (χ4n) is 3.85. The van der Waals surface area contributed by atoms with Crippen LogP contribution in [-0.2, 0) is 4.79 Å². The zero-order chi connectivity index (χ0) is 14.8. The largest absolute Gasteiger partial charge is 0.409 e. The van der Waals surface area contributed by atoms with Crippen LogP contribution >= 0.6 is 0 Å². The number of amides is 1. The van der Waals surface area contributed by atoms with Crippen molar-refractivity contribution >= 4 is 11.7 Å². The molecular weight excluding hydrogens is 254 g/mol. The Morgan fingerprint density at radius 3 is 2.45 bits per heavy atom. The molecule has 0 spiro atoms. The molecular formula is C15H27N3O2. The number of likely N-dealkylation sites (tertiary alicyclic amines) is 1. The first-order valence-electron chi connectivity index (χ1n) is 7.81. The fourth-order valence-corrected chi connectivity index (χ4v) is 3.85. The highest BCUT2D eigenvalue weighted by atomic mass is 16.4. The van der Waals surface area contributed by atoms with Crippen molar-refractivity contribution < 1.29 is 10.0 Å². The third kappa shape index (κ3) is 2.63. The molecule has 114 valence electrons. The van der Waals surface area contributed by atoms with E-state index < -0.39 is 5.41 Å². The van der Waals surface area contributed by atoms with Gasteiger partial charge in [0.2, 0.25) is 5.91 Å². The number of nitrogens with two attached hydrogens (primary N) is 1. The van der Waals surface area contributed by atoms with Gasteiger partial charge in [-0.15, -0.1) is 0 Å². The van der Waals surface area contributed by atoms with Crippen LogP contribution in [0.5, 0.6) is 0 Å². The van der Waals surface area contributed by atoms with E-state index in [4.69, 9.17) is 10.9 Å². The molecule has 3 N–H and O–H groups in total. The molecule has 1 heterocycles. The first kappa shape index (κ1) is 15.1. The van der Waals surface area contributed by atoms with E-state index >= 15 is 0 Å². The number of carbonyl (C=O) groups excluding carboxylic acids is 1. The Morgan fingerprint density at radius 1 is 1.40 bits per heavy atom. The Bertz CT molecular complexity index is 381. The van der Waals surface area contributed by atoms with E-state index in [1.54, 1.807) is 0 Å². The highest BCUT2D eigenvalue weighted by molar-refractivity contribution is 6.07. The lowest BCUT2D eigenvalue weighted by Gasteiger charge is -2.47. The summed E-state index contributed by atoms with van der Waals surface area (Å²) in [5.74, 6) is 1.39. The van der Waals surface area contributed by atoms with Gasteiger partial charge in [0, 0.05) is 13.1 Å². The molecule has 1 aliphatic heterocycles. The Morgan fingerprint density at radius 2 is 2.00 bits per heavy atom. The summed E-state index contributed by atoms with van der Waals surface area (Å²) < 4.78 is 0. The van der Waals surface area contributed by atoms with Gasteiger partial charge in [0.1, 0.15) is 5.41 Å². The molecule has 0 aromatic heterocycles. The van der Waals surface area contributed by atoms with Gasteiger partial charge in [-0.2, -0.15) is 0 Å². The predicted molar refractivity (Wildman–Crippen MR) is 78.5 cm³/mol. The van der Waals surface area contributed by atoms with Crippen LogP contribution in [0, 0.1) is 17.3 Å². The van der Waals surface area contributed by atoms with Gasteiger partial charge in [0.15, 0.2) is 5.84 Å². The van der Waals surface area contributed by atoms with Gasteiger partial charge >= 0.3 is 0 Å². The van der Waals surface area contributed by atoms with Crippen LogP contribution in [-0.4, -0.2) is 34.9 Å². The number of hydrogen-bond donors (Lipinski definition) is 2. The maximum absolute atomic E-state index is 12.8. The SMILES string of the molecule is CCCC1CCN(C(=O)C2(C(N)=NO)CC(C)C2)CC1. The molecule has 0 bridgehead atoms. The number of rotatable bonds is 4. The molecule has 2 aliphatic rings. The third-order valence-corrected chi connectivity index (χ3v) is 5.00. The predicted octanol–water partition coefficient (Wildman–Crippen LogP) is 2.19. The summed E-state index contributed by atoms with van der Waals surface area (Å²) in [6, 6.07) is 0. The molecule has 5 nitrogen and oxygen atoms in total. The number of hydrogen-bond acceptors (Lipinski definition) is 3. The quantitative estimate of drug-likeness (QED) is 0.359. The van der Waals surface area contributed by atoms with Gasteiger partial charge < -0.3 is 15.8 Å². The summed E-state index contributed by atoms with van der Waals surface area (Å²) in [6.07, 6.45) is 6.05. The van der Waals surface area contributed by atoms with Crippen molar-refractivity contribution in [3.8, 4) is 0 Å². The lowest BCUT2D eigenvalue weighted by atomic mass is 9.61. The van der Waals surface area contributed by atoms with Gasteiger partial charge in [-0.05, 0) is 37.5 Å². The van der Waals surface area contributed by atoms with E-state index in [1.807, 2.05) is 4.90 Å². The number of oxime groups is 1. The number of amidine groups is 1. The van der Waals surface area contributed by atoms with Crippen LogP contribution in [0.3, 0.4) is 0 Å². The second-order valence-corrected chi connectivity index (χ2v) is 6.61. The van der Waals surface area contributed by atoms with E-state index in [9.17, 15) is 4.79 Å². The molecule has 2 rings (SSSR count).